The van der Waals surface area contributed by atoms with Crippen molar-refractivity contribution >= 4 is 28.4 Å². The third-order valence-corrected chi connectivity index (χ3v) is 5.91. The van der Waals surface area contributed by atoms with Crippen molar-refractivity contribution in [1.29, 1.82) is 0 Å². The van der Waals surface area contributed by atoms with Crippen molar-refractivity contribution in [2.24, 2.45) is 0 Å². The van der Waals surface area contributed by atoms with Gasteiger partial charge in [0, 0.05) is 11.6 Å². The number of rotatable bonds is 8. The molecular formula is C29H24N4O4. The summed E-state index contributed by atoms with van der Waals surface area (Å²) >= 11 is 0. The van der Waals surface area contributed by atoms with E-state index in [2.05, 4.69) is 15.5 Å². The maximum absolute atomic E-state index is 12.7. The highest BCUT2D eigenvalue weighted by Crippen LogP contribution is 2.29. The fourth-order valence-electron chi connectivity index (χ4n) is 3.96. The van der Waals surface area contributed by atoms with Crippen molar-refractivity contribution in [2.75, 3.05) is 19.5 Å². The van der Waals surface area contributed by atoms with Gasteiger partial charge in [-0.25, -0.2) is 0 Å². The number of benzene rings is 4. The normalized spacial score (nSPS) is 10.8. The van der Waals surface area contributed by atoms with E-state index in [1.54, 1.807) is 31.4 Å². The first-order valence-corrected chi connectivity index (χ1v) is 11.6. The Hall–Kier alpha value is -4.98. The van der Waals surface area contributed by atoms with Gasteiger partial charge in [0.1, 0.15) is 22.5 Å². The van der Waals surface area contributed by atoms with Crippen molar-refractivity contribution in [3.05, 3.63) is 96.6 Å². The number of carbonyl (C=O) groups is 2. The van der Waals surface area contributed by atoms with Gasteiger partial charge in [0.15, 0.2) is 5.78 Å². The molecule has 1 amide bonds. The standard InChI is InChI=1S/C29H24N4O4/c1-36-23-14-12-22(13-15-23)33-31-24-16-26(28(37-2)17-25(24)32-33)30-29(35)18-27(34)21-10-8-20(9-11-21)19-6-4-3-5-7-19/h3-17H,18H2,1-2H3,(H,30,35). The molecule has 5 rings (SSSR count). The molecule has 37 heavy (non-hydrogen) atoms. The molecule has 0 fully saturated rings. The molecule has 1 aromatic heterocycles. The number of hydrogen-bond acceptors (Lipinski definition) is 6. The van der Waals surface area contributed by atoms with E-state index in [1.165, 1.54) is 11.9 Å². The number of anilines is 1. The summed E-state index contributed by atoms with van der Waals surface area (Å²) in [4.78, 5) is 27.0. The van der Waals surface area contributed by atoms with Gasteiger partial charge in [0.2, 0.25) is 5.91 Å². The summed E-state index contributed by atoms with van der Waals surface area (Å²) in [6.07, 6.45) is -0.301. The number of Topliss-reactive ketones (excluding diaryl/α,β-unsaturated/α-hetero) is 1. The van der Waals surface area contributed by atoms with Gasteiger partial charge in [-0.15, -0.1) is 10.2 Å². The van der Waals surface area contributed by atoms with Crippen LogP contribution < -0.4 is 14.8 Å². The molecule has 0 saturated carbocycles. The molecule has 0 aliphatic heterocycles. The van der Waals surface area contributed by atoms with Crippen LogP contribution in [0.5, 0.6) is 11.5 Å². The van der Waals surface area contributed by atoms with E-state index in [0.29, 0.717) is 28.0 Å². The maximum Gasteiger partial charge on any atom is 0.232 e. The molecular weight excluding hydrogens is 468 g/mol. The minimum atomic E-state index is -0.447. The van der Waals surface area contributed by atoms with Gasteiger partial charge in [-0.1, -0.05) is 54.6 Å². The molecule has 1 N–H and O–H groups in total. The lowest BCUT2D eigenvalue weighted by Gasteiger charge is -2.10. The summed E-state index contributed by atoms with van der Waals surface area (Å²) in [7, 11) is 3.11. The van der Waals surface area contributed by atoms with E-state index in [9.17, 15) is 9.59 Å². The summed E-state index contributed by atoms with van der Waals surface area (Å²) in [5.74, 6) is 0.427. The molecule has 8 nitrogen and oxygen atoms in total. The van der Waals surface area contributed by atoms with Crippen molar-refractivity contribution in [3.63, 3.8) is 0 Å². The fraction of sp³-hybridized carbons (Fsp3) is 0.103. The number of fused-ring (bicyclic) bond motifs is 1. The third kappa shape index (κ3) is 5.18. The number of hydrogen-bond donors (Lipinski definition) is 1. The van der Waals surface area contributed by atoms with Crippen molar-refractivity contribution < 1.29 is 19.1 Å². The Kier molecular flexibility index (Phi) is 6.63. The molecule has 0 spiro atoms. The highest BCUT2D eigenvalue weighted by Gasteiger charge is 2.16. The second kappa shape index (κ2) is 10.3. The summed E-state index contributed by atoms with van der Waals surface area (Å²) in [5.41, 5.74) is 4.86. The Morgan fingerprint density at radius 1 is 0.784 bits per heavy atom. The number of amides is 1. The maximum atomic E-state index is 12.7. The van der Waals surface area contributed by atoms with E-state index in [-0.39, 0.29) is 12.2 Å². The zero-order valence-corrected chi connectivity index (χ0v) is 20.3. The van der Waals surface area contributed by atoms with Crippen LogP contribution in [0.2, 0.25) is 0 Å². The lowest BCUT2D eigenvalue weighted by molar-refractivity contribution is -0.115. The molecule has 4 aromatic carbocycles. The molecule has 0 saturated heterocycles. The molecule has 0 atom stereocenters. The second-order valence-corrected chi connectivity index (χ2v) is 8.32. The van der Waals surface area contributed by atoms with Crippen LogP contribution in [-0.4, -0.2) is 40.9 Å². The molecule has 8 heteroatoms. The molecule has 0 bridgehead atoms. The number of ether oxygens (including phenoxy) is 2. The van der Waals surface area contributed by atoms with E-state index in [0.717, 1.165) is 22.6 Å². The summed E-state index contributed by atoms with van der Waals surface area (Å²) in [6.45, 7) is 0. The number of nitrogens with one attached hydrogen (secondary N) is 1. The number of aromatic nitrogens is 3. The zero-order chi connectivity index (χ0) is 25.8. The van der Waals surface area contributed by atoms with Crippen molar-refractivity contribution in [2.45, 2.75) is 6.42 Å². The number of carbonyl (C=O) groups excluding carboxylic acids is 2. The second-order valence-electron chi connectivity index (χ2n) is 8.32. The summed E-state index contributed by atoms with van der Waals surface area (Å²) in [6, 6.07) is 27.8. The van der Waals surface area contributed by atoms with Gasteiger partial charge in [-0.3, -0.25) is 9.59 Å². The molecule has 0 aliphatic carbocycles. The minimum absolute atomic E-state index is 0.275. The van der Waals surface area contributed by atoms with Gasteiger partial charge in [-0.05, 0) is 41.5 Å². The van der Waals surface area contributed by atoms with Crippen LogP contribution >= 0.6 is 0 Å². The van der Waals surface area contributed by atoms with Gasteiger partial charge >= 0.3 is 0 Å². The van der Waals surface area contributed by atoms with E-state index in [4.69, 9.17) is 9.47 Å². The smallest absolute Gasteiger partial charge is 0.232 e. The first kappa shape index (κ1) is 23.7. The fourth-order valence-corrected chi connectivity index (χ4v) is 3.96. The van der Waals surface area contributed by atoms with Gasteiger partial charge in [0.25, 0.3) is 0 Å². The molecule has 0 radical (unpaired) electrons. The van der Waals surface area contributed by atoms with Crippen molar-refractivity contribution in [3.8, 4) is 28.3 Å². The molecule has 184 valence electrons. The Morgan fingerprint density at radius 2 is 1.43 bits per heavy atom. The number of methoxy groups -OCH3 is 2. The zero-order valence-electron chi connectivity index (χ0n) is 20.3. The van der Waals surface area contributed by atoms with E-state index >= 15 is 0 Å². The quantitative estimate of drug-likeness (QED) is 0.233. The van der Waals surface area contributed by atoms with Crippen LogP contribution in [0.25, 0.3) is 27.8 Å². The predicted molar refractivity (Wildman–Crippen MR) is 141 cm³/mol. The van der Waals surface area contributed by atoms with Gasteiger partial charge in [-0.2, -0.15) is 4.80 Å². The molecule has 0 aliphatic rings. The lowest BCUT2D eigenvalue weighted by Crippen LogP contribution is -2.17. The summed E-state index contributed by atoms with van der Waals surface area (Å²) in [5, 5.41) is 11.8. The van der Waals surface area contributed by atoms with Crippen LogP contribution in [-0.2, 0) is 4.79 Å². The Labute approximate surface area is 213 Å². The average Bonchev–Trinajstić information content (AvgIpc) is 3.36. The van der Waals surface area contributed by atoms with Crippen LogP contribution in [0.4, 0.5) is 5.69 Å². The minimum Gasteiger partial charge on any atom is -0.497 e. The average molecular weight is 493 g/mol. The predicted octanol–water partition coefficient (Wildman–Crippen LogP) is 5.32. The van der Waals surface area contributed by atoms with Crippen LogP contribution in [0, 0.1) is 0 Å². The molecule has 5 aromatic rings. The van der Waals surface area contributed by atoms with Crippen LogP contribution in [0.15, 0.2) is 91.0 Å². The van der Waals surface area contributed by atoms with E-state index in [1.807, 2.05) is 66.7 Å². The monoisotopic (exact) mass is 492 g/mol. The number of ketones is 1. The topological polar surface area (TPSA) is 95.3 Å². The Balaban J connectivity index is 1.30. The van der Waals surface area contributed by atoms with E-state index < -0.39 is 5.91 Å². The lowest BCUT2D eigenvalue weighted by atomic mass is 10.0. The van der Waals surface area contributed by atoms with Gasteiger partial charge < -0.3 is 14.8 Å². The molecule has 0 unspecified atom stereocenters. The SMILES string of the molecule is COc1ccc(-n2nc3cc(NC(=O)CC(=O)c4ccc(-c5ccccc5)cc4)c(OC)cc3n2)cc1. The third-order valence-electron chi connectivity index (χ3n) is 5.91. The summed E-state index contributed by atoms with van der Waals surface area (Å²) < 4.78 is 10.6. The van der Waals surface area contributed by atoms with Crippen LogP contribution in [0.1, 0.15) is 16.8 Å². The first-order chi connectivity index (χ1) is 18.0. The largest absolute Gasteiger partial charge is 0.497 e. The number of nitrogens with zero attached hydrogens (tertiary/aromatic N) is 3. The van der Waals surface area contributed by atoms with Gasteiger partial charge in [0.05, 0.1) is 32.0 Å². The Morgan fingerprint density at radius 3 is 2.08 bits per heavy atom. The first-order valence-electron chi connectivity index (χ1n) is 11.6. The van der Waals surface area contributed by atoms with Crippen LogP contribution in [0.3, 0.4) is 0 Å². The highest BCUT2D eigenvalue weighted by atomic mass is 16.5. The highest BCUT2D eigenvalue weighted by molar-refractivity contribution is 6.11. The Bertz CT molecular complexity index is 1560. The molecule has 1 heterocycles. The van der Waals surface area contributed by atoms with Crippen molar-refractivity contribution in [1.82, 2.24) is 15.0 Å².